The van der Waals surface area contributed by atoms with Gasteiger partial charge in [-0.15, -0.1) is 0 Å². The SMILES string of the molecule is CC1=CC(O/C=C2/C(=O)OC3Cc4ccccc4C23)OCO1. The van der Waals surface area contributed by atoms with Crippen molar-refractivity contribution in [2.24, 2.45) is 0 Å². The second-order valence-corrected chi connectivity index (χ2v) is 5.61. The van der Waals surface area contributed by atoms with Gasteiger partial charge in [0, 0.05) is 12.5 Å². The lowest BCUT2D eigenvalue weighted by molar-refractivity contribution is -0.155. The minimum atomic E-state index is -0.537. The molecule has 1 aromatic carbocycles. The van der Waals surface area contributed by atoms with Crippen molar-refractivity contribution in [2.75, 3.05) is 6.79 Å². The number of ether oxygens (including phenoxy) is 4. The molecular formula is C17H16O5. The zero-order valence-corrected chi connectivity index (χ0v) is 12.2. The molecule has 0 amide bonds. The van der Waals surface area contributed by atoms with Crippen LogP contribution in [-0.2, 0) is 30.2 Å². The maximum atomic E-state index is 12.1. The Labute approximate surface area is 128 Å². The van der Waals surface area contributed by atoms with Gasteiger partial charge in [-0.2, -0.15) is 0 Å². The van der Waals surface area contributed by atoms with Gasteiger partial charge in [-0.05, 0) is 18.1 Å². The number of esters is 1. The van der Waals surface area contributed by atoms with Gasteiger partial charge in [0.15, 0.2) is 6.79 Å². The Morgan fingerprint density at radius 2 is 2.18 bits per heavy atom. The predicted octanol–water partition coefficient (Wildman–Crippen LogP) is 2.39. The first kappa shape index (κ1) is 13.4. The van der Waals surface area contributed by atoms with Gasteiger partial charge in [-0.25, -0.2) is 4.79 Å². The van der Waals surface area contributed by atoms with Gasteiger partial charge in [0.1, 0.15) is 6.10 Å². The number of fused-ring (bicyclic) bond motifs is 3. The monoisotopic (exact) mass is 300 g/mol. The van der Waals surface area contributed by atoms with Crippen LogP contribution in [0.25, 0.3) is 0 Å². The molecule has 4 rings (SSSR count). The van der Waals surface area contributed by atoms with Crippen molar-refractivity contribution >= 4 is 5.97 Å². The van der Waals surface area contributed by atoms with E-state index in [-0.39, 0.29) is 24.8 Å². The normalized spacial score (nSPS) is 31.1. The summed E-state index contributed by atoms with van der Waals surface area (Å²) < 4.78 is 21.5. The van der Waals surface area contributed by atoms with Crippen molar-refractivity contribution < 1.29 is 23.7 Å². The van der Waals surface area contributed by atoms with Gasteiger partial charge in [-0.1, -0.05) is 24.3 Å². The third kappa shape index (κ3) is 2.18. The first-order valence-corrected chi connectivity index (χ1v) is 7.29. The van der Waals surface area contributed by atoms with Gasteiger partial charge in [0.05, 0.1) is 23.5 Å². The van der Waals surface area contributed by atoms with Gasteiger partial charge in [0.2, 0.25) is 6.29 Å². The van der Waals surface area contributed by atoms with Crippen LogP contribution in [0.1, 0.15) is 24.0 Å². The summed E-state index contributed by atoms with van der Waals surface area (Å²) in [6.07, 6.45) is 3.31. The fraction of sp³-hybridized carbons (Fsp3) is 0.353. The molecule has 0 spiro atoms. The zero-order valence-electron chi connectivity index (χ0n) is 12.2. The van der Waals surface area contributed by atoms with Gasteiger partial charge in [-0.3, -0.25) is 0 Å². The highest BCUT2D eigenvalue weighted by Crippen LogP contribution is 2.45. The highest BCUT2D eigenvalue weighted by Gasteiger charge is 2.46. The number of hydrogen-bond acceptors (Lipinski definition) is 5. The van der Waals surface area contributed by atoms with Crippen molar-refractivity contribution in [1.82, 2.24) is 0 Å². The summed E-state index contributed by atoms with van der Waals surface area (Å²) in [5.41, 5.74) is 2.93. The summed E-state index contributed by atoms with van der Waals surface area (Å²) >= 11 is 0. The molecule has 5 nitrogen and oxygen atoms in total. The molecule has 0 radical (unpaired) electrons. The van der Waals surface area contributed by atoms with Crippen LogP contribution in [0.15, 0.2) is 47.9 Å². The Morgan fingerprint density at radius 1 is 1.32 bits per heavy atom. The van der Waals surface area contributed by atoms with Gasteiger partial charge >= 0.3 is 5.97 Å². The second-order valence-electron chi connectivity index (χ2n) is 5.61. The zero-order chi connectivity index (χ0) is 15.1. The summed E-state index contributed by atoms with van der Waals surface area (Å²) in [5.74, 6) is 0.388. The van der Waals surface area contributed by atoms with E-state index in [0.717, 1.165) is 17.7 Å². The molecule has 5 heteroatoms. The summed E-state index contributed by atoms with van der Waals surface area (Å²) in [7, 11) is 0. The van der Waals surface area contributed by atoms with Crippen LogP contribution < -0.4 is 0 Å². The molecule has 1 aliphatic carbocycles. The van der Waals surface area contributed by atoms with Crippen molar-refractivity contribution in [3.05, 3.63) is 59.1 Å². The first-order valence-electron chi connectivity index (χ1n) is 7.29. The Hall–Kier alpha value is -2.27. The fourth-order valence-electron chi connectivity index (χ4n) is 3.19. The number of benzene rings is 1. The van der Waals surface area contributed by atoms with Crippen molar-refractivity contribution in [3.63, 3.8) is 0 Å². The highest BCUT2D eigenvalue weighted by molar-refractivity contribution is 5.93. The van der Waals surface area contributed by atoms with Crippen LogP contribution >= 0.6 is 0 Å². The summed E-state index contributed by atoms with van der Waals surface area (Å²) in [4.78, 5) is 12.1. The average Bonchev–Trinajstić information content (AvgIpc) is 3.00. The Balaban J connectivity index is 1.59. The van der Waals surface area contributed by atoms with Crippen molar-refractivity contribution in [2.45, 2.75) is 31.7 Å². The van der Waals surface area contributed by atoms with Crippen LogP contribution in [0.5, 0.6) is 0 Å². The molecule has 114 valence electrons. The number of hydrogen-bond donors (Lipinski definition) is 0. The Kier molecular flexibility index (Phi) is 3.15. The molecule has 2 aliphatic heterocycles. The lowest BCUT2D eigenvalue weighted by atomic mass is 9.94. The minimum Gasteiger partial charge on any atom is -0.472 e. The van der Waals surface area contributed by atoms with Crippen LogP contribution in [0.3, 0.4) is 0 Å². The molecule has 1 saturated heterocycles. The minimum absolute atomic E-state index is 0.0476. The van der Waals surface area contributed by atoms with E-state index in [1.807, 2.05) is 25.1 Å². The van der Waals surface area contributed by atoms with Gasteiger partial charge in [0.25, 0.3) is 0 Å². The van der Waals surface area contributed by atoms with E-state index in [1.54, 1.807) is 6.08 Å². The van der Waals surface area contributed by atoms with E-state index >= 15 is 0 Å². The smallest absolute Gasteiger partial charge is 0.338 e. The molecule has 1 fully saturated rings. The molecule has 3 atom stereocenters. The second kappa shape index (κ2) is 5.18. The maximum Gasteiger partial charge on any atom is 0.338 e. The van der Waals surface area contributed by atoms with E-state index in [2.05, 4.69) is 6.07 Å². The molecule has 3 aliphatic rings. The third-order valence-electron chi connectivity index (χ3n) is 4.23. The highest BCUT2D eigenvalue weighted by atomic mass is 16.8. The van der Waals surface area contributed by atoms with Crippen LogP contribution in [0.4, 0.5) is 0 Å². The topological polar surface area (TPSA) is 54.0 Å². The van der Waals surface area contributed by atoms with E-state index in [0.29, 0.717) is 5.57 Å². The summed E-state index contributed by atoms with van der Waals surface area (Å²) in [5, 5.41) is 0. The van der Waals surface area contributed by atoms with E-state index < -0.39 is 6.29 Å². The summed E-state index contributed by atoms with van der Waals surface area (Å²) in [6.45, 7) is 1.98. The van der Waals surface area contributed by atoms with Crippen molar-refractivity contribution in [1.29, 1.82) is 0 Å². The molecule has 0 aromatic heterocycles. The molecule has 1 aromatic rings. The van der Waals surface area contributed by atoms with Crippen LogP contribution in [0, 0.1) is 0 Å². The largest absolute Gasteiger partial charge is 0.472 e. The predicted molar refractivity (Wildman–Crippen MR) is 76.5 cm³/mol. The van der Waals surface area contributed by atoms with E-state index in [4.69, 9.17) is 18.9 Å². The quantitative estimate of drug-likeness (QED) is 0.477. The molecule has 0 N–H and O–H groups in total. The maximum absolute atomic E-state index is 12.1. The molecule has 3 unspecified atom stereocenters. The Bertz CT molecular complexity index is 675. The molecule has 0 saturated carbocycles. The van der Waals surface area contributed by atoms with E-state index in [1.165, 1.54) is 11.8 Å². The van der Waals surface area contributed by atoms with Gasteiger partial charge < -0.3 is 18.9 Å². The molecule has 2 heterocycles. The number of carbonyl (C=O) groups excluding carboxylic acids is 1. The number of rotatable bonds is 2. The van der Waals surface area contributed by atoms with Crippen molar-refractivity contribution in [3.8, 4) is 0 Å². The average molecular weight is 300 g/mol. The Morgan fingerprint density at radius 3 is 3.05 bits per heavy atom. The standard InChI is InChI=1S/C17H16O5/c1-10-6-15(21-9-20-10)19-8-13-16-12-5-3-2-4-11(12)7-14(16)22-17(13)18/h2-6,8,14-16H,7,9H2,1H3/b13-8+. The van der Waals surface area contributed by atoms with E-state index in [9.17, 15) is 4.79 Å². The number of allylic oxidation sites excluding steroid dienone is 1. The fourth-order valence-corrected chi connectivity index (χ4v) is 3.19. The first-order chi connectivity index (χ1) is 10.7. The molecule has 22 heavy (non-hydrogen) atoms. The lowest BCUT2D eigenvalue weighted by Gasteiger charge is -2.20. The molecular weight excluding hydrogens is 284 g/mol. The third-order valence-corrected chi connectivity index (χ3v) is 4.23. The number of carbonyl (C=O) groups is 1. The van der Waals surface area contributed by atoms with Crippen LogP contribution in [0.2, 0.25) is 0 Å². The summed E-state index contributed by atoms with van der Waals surface area (Å²) in [6, 6.07) is 8.11. The van der Waals surface area contributed by atoms with Crippen LogP contribution in [-0.4, -0.2) is 25.2 Å². The molecule has 0 bridgehead atoms. The lowest BCUT2D eigenvalue weighted by Crippen LogP contribution is -2.20.